The highest BCUT2D eigenvalue weighted by molar-refractivity contribution is 6.01. The van der Waals surface area contributed by atoms with Crippen molar-refractivity contribution in [3.05, 3.63) is 34.9 Å². The van der Waals surface area contributed by atoms with Gasteiger partial charge in [0.15, 0.2) is 5.78 Å². The molecule has 1 heterocycles. The quantitative estimate of drug-likeness (QED) is 0.828. The molecule has 0 radical (unpaired) electrons. The van der Waals surface area contributed by atoms with Gasteiger partial charge < -0.3 is 5.32 Å². The summed E-state index contributed by atoms with van der Waals surface area (Å²) in [5.41, 5.74) is 3.15. The van der Waals surface area contributed by atoms with E-state index in [2.05, 4.69) is 32.2 Å². The van der Waals surface area contributed by atoms with Crippen LogP contribution in [0, 0.1) is 19.3 Å². The van der Waals surface area contributed by atoms with Gasteiger partial charge in [-0.15, -0.1) is 0 Å². The summed E-state index contributed by atoms with van der Waals surface area (Å²) < 4.78 is 0. The molecule has 1 fully saturated rings. The number of rotatable bonds is 3. The minimum absolute atomic E-state index is 0.181. The molecule has 2 nitrogen and oxygen atoms in total. The van der Waals surface area contributed by atoms with Crippen LogP contribution in [0.4, 0.5) is 0 Å². The predicted molar refractivity (Wildman–Crippen MR) is 75.1 cm³/mol. The lowest BCUT2D eigenvalue weighted by Gasteiger charge is -2.35. The normalized spacial score (nSPS) is 23.9. The average Bonchev–Trinajstić information content (AvgIpc) is 2.42. The molecule has 1 aliphatic rings. The van der Waals surface area contributed by atoms with Crippen molar-refractivity contribution in [1.29, 1.82) is 0 Å². The molecule has 18 heavy (non-hydrogen) atoms. The van der Waals surface area contributed by atoms with Gasteiger partial charge in [-0.25, -0.2) is 0 Å². The topological polar surface area (TPSA) is 29.1 Å². The van der Waals surface area contributed by atoms with Gasteiger partial charge >= 0.3 is 0 Å². The largest absolute Gasteiger partial charge is 0.316 e. The molecule has 1 aromatic carbocycles. The van der Waals surface area contributed by atoms with Crippen LogP contribution in [-0.2, 0) is 0 Å². The lowest BCUT2D eigenvalue weighted by molar-refractivity contribution is 0.0730. The maximum absolute atomic E-state index is 12.8. The lowest BCUT2D eigenvalue weighted by Crippen LogP contribution is -2.45. The number of carbonyl (C=O) groups is 1. The molecule has 0 saturated carbocycles. The van der Waals surface area contributed by atoms with Gasteiger partial charge in [0, 0.05) is 17.5 Å². The summed E-state index contributed by atoms with van der Waals surface area (Å²) in [4.78, 5) is 12.8. The first kappa shape index (κ1) is 13.3. The van der Waals surface area contributed by atoms with Crippen molar-refractivity contribution in [3.8, 4) is 0 Å². The Bertz CT molecular complexity index is 444. The van der Waals surface area contributed by atoms with Gasteiger partial charge in [-0.05, 0) is 56.8 Å². The van der Waals surface area contributed by atoms with E-state index >= 15 is 0 Å². The summed E-state index contributed by atoms with van der Waals surface area (Å²) >= 11 is 0. The van der Waals surface area contributed by atoms with Gasteiger partial charge in [-0.3, -0.25) is 4.79 Å². The number of Topliss-reactive ketones (excluding diaryl/α,β-unsaturated/α-hetero) is 1. The Morgan fingerprint density at radius 3 is 2.67 bits per heavy atom. The van der Waals surface area contributed by atoms with Crippen LogP contribution in [0.2, 0.25) is 0 Å². The summed E-state index contributed by atoms with van der Waals surface area (Å²) in [5.74, 6) is 0.320. The van der Waals surface area contributed by atoms with Crippen molar-refractivity contribution in [1.82, 2.24) is 5.32 Å². The third-order valence-electron chi connectivity index (χ3n) is 4.40. The van der Waals surface area contributed by atoms with Gasteiger partial charge in [0.25, 0.3) is 0 Å². The molecule has 0 spiro atoms. The molecule has 0 aliphatic carbocycles. The number of carbonyl (C=O) groups excluding carboxylic acids is 1. The predicted octanol–water partition coefficient (Wildman–Crippen LogP) is 3.27. The third kappa shape index (κ3) is 2.35. The van der Waals surface area contributed by atoms with Crippen molar-refractivity contribution in [3.63, 3.8) is 0 Å². The van der Waals surface area contributed by atoms with Crippen molar-refractivity contribution < 1.29 is 4.79 Å². The fraction of sp³-hybridized carbons (Fsp3) is 0.562. The summed E-state index contributed by atoms with van der Waals surface area (Å²) in [6, 6.07) is 6.09. The van der Waals surface area contributed by atoms with Crippen molar-refractivity contribution in [2.24, 2.45) is 5.41 Å². The molecule has 1 aliphatic heterocycles. The minimum Gasteiger partial charge on any atom is -0.316 e. The Morgan fingerprint density at radius 1 is 1.33 bits per heavy atom. The molecule has 0 amide bonds. The molecule has 98 valence electrons. The van der Waals surface area contributed by atoms with Gasteiger partial charge in [0.1, 0.15) is 0 Å². The van der Waals surface area contributed by atoms with E-state index in [0.717, 1.165) is 37.9 Å². The Labute approximate surface area is 110 Å². The highest BCUT2D eigenvalue weighted by Crippen LogP contribution is 2.34. The van der Waals surface area contributed by atoms with E-state index in [1.807, 2.05) is 12.1 Å². The summed E-state index contributed by atoms with van der Waals surface area (Å²) in [6.45, 7) is 8.16. The Balaban J connectivity index is 2.30. The Morgan fingerprint density at radius 2 is 2.11 bits per heavy atom. The second kappa shape index (κ2) is 5.23. The maximum Gasteiger partial charge on any atom is 0.170 e. The van der Waals surface area contributed by atoms with E-state index in [1.54, 1.807) is 0 Å². The SMILES string of the molecule is CCC1(C(=O)c2ccc(C)c(C)c2)CCCNC1. The molecule has 0 aromatic heterocycles. The van der Waals surface area contributed by atoms with Crippen LogP contribution in [0.25, 0.3) is 0 Å². The number of hydrogen-bond donors (Lipinski definition) is 1. The average molecular weight is 245 g/mol. The second-order valence-corrected chi connectivity index (χ2v) is 5.54. The van der Waals surface area contributed by atoms with Crippen molar-refractivity contribution in [2.45, 2.75) is 40.0 Å². The van der Waals surface area contributed by atoms with Gasteiger partial charge in [0.05, 0.1) is 0 Å². The number of ketones is 1. The van der Waals surface area contributed by atoms with Gasteiger partial charge in [-0.1, -0.05) is 19.1 Å². The fourth-order valence-electron chi connectivity index (χ4n) is 2.81. The van der Waals surface area contributed by atoms with Gasteiger partial charge in [-0.2, -0.15) is 0 Å². The van der Waals surface area contributed by atoms with E-state index in [1.165, 1.54) is 11.1 Å². The molecule has 1 N–H and O–H groups in total. The van der Waals surface area contributed by atoms with Crippen LogP contribution >= 0.6 is 0 Å². The van der Waals surface area contributed by atoms with E-state index < -0.39 is 0 Å². The number of benzene rings is 1. The first-order valence-corrected chi connectivity index (χ1v) is 6.92. The van der Waals surface area contributed by atoms with Crippen molar-refractivity contribution in [2.75, 3.05) is 13.1 Å². The van der Waals surface area contributed by atoms with Crippen LogP contribution in [-0.4, -0.2) is 18.9 Å². The number of piperidine rings is 1. The molecule has 1 aromatic rings. The molecule has 2 heteroatoms. The van der Waals surface area contributed by atoms with Crippen molar-refractivity contribution >= 4 is 5.78 Å². The molecule has 1 unspecified atom stereocenters. The molecular formula is C16H23NO. The van der Waals surface area contributed by atoms with Crippen LogP contribution in [0.1, 0.15) is 47.7 Å². The number of nitrogens with one attached hydrogen (secondary N) is 1. The molecule has 0 bridgehead atoms. The Kier molecular flexibility index (Phi) is 3.86. The minimum atomic E-state index is -0.181. The summed E-state index contributed by atoms with van der Waals surface area (Å²) in [7, 11) is 0. The zero-order valence-corrected chi connectivity index (χ0v) is 11.7. The maximum atomic E-state index is 12.8. The molecular weight excluding hydrogens is 222 g/mol. The first-order valence-electron chi connectivity index (χ1n) is 6.92. The highest BCUT2D eigenvalue weighted by Gasteiger charge is 2.38. The molecule has 1 atom stereocenters. The zero-order chi connectivity index (χ0) is 13.2. The first-order chi connectivity index (χ1) is 8.59. The molecule has 2 rings (SSSR count). The standard InChI is InChI=1S/C16H23NO/c1-4-16(8-5-9-17-11-16)15(18)14-7-6-12(2)13(3)10-14/h6-7,10,17H,4-5,8-9,11H2,1-3H3. The number of aryl methyl sites for hydroxylation is 2. The smallest absolute Gasteiger partial charge is 0.170 e. The third-order valence-corrected chi connectivity index (χ3v) is 4.40. The summed E-state index contributed by atoms with van der Waals surface area (Å²) in [6.07, 6.45) is 3.04. The van der Waals surface area contributed by atoms with Crippen LogP contribution in [0.3, 0.4) is 0 Å². The van der Waals surface area contributed by atoms with Crippen LogP contribution in [0.15, 0.2) is 18.2 Å². The lowest BCUT2D eigenvalue weighted by atomic mass is 9.72. The second-order valence-electron chi connectivity index (χ2n) is 5.54. The highest BCUT2D eigenvalue weighted by atomic mass is 16.1. The summed E-state index contributed by atoms with van der Waals surface area (Å²) in [5, 5.41) is 3.38. The van der Waals surface area contributed by atoms with E-state index in [9.17, 15) is 4.79 Å². The van der Waals surface area contributed by atoms with E-state index in [-0.39, 0.29) is 5.41 Å². The van der Waals surface area contributed by atoms with E-state index in [4.69, 9.17) is 0 Å². The monoisotopic (exact) mass is 245 g/mol. The van der Waals surface area contributed by atoms with Crippen LogP contribution < -0.4 is 5.32 Å². The Hall–Kier alpha value is -1.15. The van der Waals surface area contributed by atoms with Gasteiger partial charge in [0.2, 0.25) is 0 Å². The van der Waals surface area contributed by atoms with E-state index in [0.29, 0.717) is 5.78 Å². The number of hydrogen-bond acceptors (Lipinski definition) is 2. The van der Waals surface area contributed by atoms with Crippen LogP contribution in [0.5, 0.6) is 0 Å². The zero-order valence-electron chi connectivity index (χ0n) is 11.7. The molecule has 1 saturated heterocycles. The fourth-order valence-corrected chi connectivity index (χ4v) is 2.81.